The molecule has 2 aromatic heterocycles. The lowest BCUT2D eigenvalue weighted by Crippen LogP contribution is -2.24. The summed E-state index contributed by atoms with van der Waals surface area (Å²) in [6.07, 6.45) is 1.85. The Labute approximate surface area is 97.9 Å². The van der Waals surface area contributed by atoms with Gasteiger partial charge in [0.05, 0.1) is 6.54 Å². The van der Waals surface area contributed by atoms with Gasteiger partial charge in [0.1, 0.15) is 10.7 Å². The molecule has 0 bridgehead atoms. The van der Waals surface area contributed by atoms with Crippen molar-refractivity contribution < 1.29 is 4.79 Å². The maximum atomic E-state index is 11.8. The number of rotatable bonds is 3. The highest BCUT2D eigenvalue weighted by Gasteiger charge is 2.08. The van der Waals surface area contributed by atoms with E-state index in [0.717, 1.165) is 10.7 Å². The Hall–Kier alpha value is -1.62. The summed E-state index contributed by atoms with van der Waals surface area (Å²) in [7, 11) is 1.85. The van der Waals surface area contributed by atoms with Crippen molar-refractivity contribution in [3.05, 3.63) is 40.1 Å². The highest BCUT2D eigenvalue weighted by Crippen LogP contribution is 2.08. The number of carbonyl (C=O) groups is 1. The van der Waals surface area contributed by atoms with Crippen molar-refractivity contribution in [3.8, 4) is 0 Å². The second kappa shape index (κ2) is 4.49. The second-order valence-corrected chi connectivity index (χ2v) is 4.51. The normalized spacial score (nSPS) is 10.4. The third kappa shape index (κ3) is 2.30. The van der Waals surface area contributed by atoms with Crippen molar-refractivity contribution >= 4 is 17.2 Å². The lowest BCUT2D eigenvalue weighted by atomic mass is 10.4. The van der Waals surface area contributed by atoms with Crippen molar-refractivity contribution in [1.29, 1.82) is 0 Å². The molecule has 1 N–H and O–H groups in total. The minimum Gasteiger partial charge on any atom is -0.347 e. The summed E-state index contributed by atoms with van der Waals surface area (Å²) in [5.74, 6) is -0.0691. The van der Waals surface area contributed by atoms with Crippen molar-refractivity contribution in [2.24, 2.45) is 7.05 Å². The van der Waals surface area contributed by atoms with Gasteiger partial charge in [0.15, 0.2) is 0 Å². The van der Waals surface area contributed by atoms with Crippen molar-refractivity contribution in [2.75, 3.05) is 0 Å². The zero-order chi connectivity index (χ0) is 11.5. The van der Waals surface area contributed by atoms with E-state index in [1.807, 2.05) is 31.6 Å². The maximum absolute atomic E-state index is 11.8. The first-order valence-corrected chi connectivity index (χ1v) is 5.85. The molecular formula is C11H13N3OS. The van der Waals surface area contributed by atoms with Gasteiger partial charge in [-0.2, -0.15) is 0 Å². The predicted molar refractivity (Wildman–Crippen MR) is 63.4 cm³/mol. The van der Waals surface area contributed by atoms with Gasteiger partial charge in [0.2, 0.25) is 0 Å². The van der Waals surface area contributed by atoms with Crippen molar-refractivity contribution in [1.82, 2.24) is 14.9 Å². The van der Waals surface area contributed by atoms with Crippen molar-refractivity contribution in [3.63, 3.8) is 0 Å². The molecule has 0 fully saturated rings. The Bertz CT molecular complexity index is 501. The zero-order valence-corrected chi connectivity index (χ0v) is 10.0. The summed E-state index contributed by atoms with van der Waals surface area (Å²) >= 11 is 1.56. The van der Waals surface area contributed by atoms with Crippen LogP contribution in [0, 0.1) is 6.92 Å². The quantitative estimate of drug-likeness (QED) is 0.880. The van der Waals surface area contributed by atoms with Gasteiger partial charge in [0, 0.05) is 24.3 Å². The molecule has 0 unspecified atom stereocenters. The number of hydrogen-bond donors (Lipinski definition) is 1. The van der Waals surface area contributed by atoms with Crippen LogP contribution in [0.4, 0.5) is 0 Å². The van der Waals surface area contributed by atoms with Crippen LogP contribution in [0.5, 0.6) is 0 Å². The molecule has 4 nitrogen and oxygen atoms in total. The fraction of sp³-hybridized carbons (Fsp3) is 0.273. The van der Waals surface area contributed by atoms with Crippen LogP contribution in [0.2, 0.25) is 0 Å². The minimum atomic E-state index is -0.0691. The molecule has 0 aliphatic carbocycles. The van der Waals surface area contributed by atoms with Crippen LogP contribution in [0.1, 0.15) is 21.2 Å². The lowest BCUT2D eigenvalue weighted by molar-refractivity contribution is 0.0943. The van der Waals surface area contributed by atoms with Gasteiger partial charge >= 0.3 is 0 Å². The first-order valence-electron chi connectivity index (χ1n) is 4.97. The van der Waals surface area contributed by atoms with Crippen molar-refractivity contribution in [2.45, 2.75) is 13.5 Å². The van der Waals surface area contributed by atoms with Crippen LogP contribution in [0.3, 0.4) is 0 Å². The standard InChI is InChI=1S/C11H13N3OS/c1-8-7-16-10(13-8)6-12-11(15)9-4-3-5-14(9)2/h3-5,7H,6H2,1-2H3,(H,12,15). The molecule has 0 atom stereocenters. The van der Waals surface area contributed by atoms with E-state index in [1.54, 1.807) is 22.0 Å². The number of amides is 1. The van der Waals surface area contributed by atoms with Gasteiger partial charge < -0.3 is 9.88 Å². The summed E-state index contributed by atoms with van der Waals surface area (Å²) < 4.78 is 1.79. The van der Waals surface area contributed by atoms with Crippen LogP contribution in [-0.2, 0) is 13.6 Å². The van der Waals surface area contributed by atoms with Gasteiger partial charge in [-0.05, 0) is 19.1 Å². The molecule has 0 saturated heterocycles. The molecule has 0 aliphatic rings. The molecule has 2 heterocycles. The fourth-order valence-electron chi connectivity index (χ4n) is 1.43. The van der Waals surface area contributed by atoms with Gasteiger partial charge in [-0.3, -0.25) is 4.79 Å². The van der Waals surface area contributed by atoms with E-state index in [-0.39, 0.29) is 5.91 Å². The fourth-order valence-corrected chi connectivity index (χ4v) is 2.14. The topological polar surface area (TPSA) is 46.9 Å². The van der Waals surface area contributed by atoms with E-state index in [1.165, 1.54) is 0 Å². The maximum Gasteiger partial charge on any atom is 0.268 e. The summed E-state index contributed by atoms with van der Waals surface area (Å²) in [6, 6.07) is 3.64. The largest absolute Gasteiger partial charge is 0.347 e. The van der Waals surface area contributed by atoms with Crippen LogP contribution in [-0.4, -0.2) is 15.5 Å². The van der Waals surface area contributed by atoms with Crippen LogP contribution in [0.25, 0.3) is 0 Å². The molecule has 5 heteroatoms. The van der Waals surface area contributed by atoms with Gasteiger partial charge in [-0.1, -0.05) is 0 Å². The molecule has 84 valence electrons. The number of carbonyl (C=O) groups excluding carboxylic acids is 1. The average molecular weight is 235 g/mol. The summed E-state index contributed by atoms with van der Waals surface area (Å²) in [5, 5.41) is 5.75. The number of nitrogens with one attached hydrogen (secondary N) is 1. The molecule has 16 heavy (non-hydrogen) atoms. The number of aryl methyl sites for hydroxylation is 2. The Morgan fingerprint density at radius 3 is 3.00 bits per heavy atom. The molecular weight excluding hydrogens is 222 g/mol. The van der Waals surface area contributed by atoms with E-state index >= 15 is 0 Å². The molecule has 0 aromatic carbocycles. The number of thiazole rings is 1. The molecule has 2 aromatic rings. The highest BCUT2D eigenvalue weighted by molar-refractivity contribution is 7.09. The number of aromatic nitrogens is 2. The summed E-state index contributed by atoms with van der Waals surface area (Å²) in [5.41, 5.74) is 1.65. The Balaban J connectivity index is 1.96. The zero-order valence-electron chi connectivity index (χ0n) is 9.23. The smallest absolute Gasteiger partial charge is 0.268 e. The van der Waals surface area contributed by atoms with E-state index in [9.17, 15) is 4.79 Å². The number of hydrogen-bond acceptors (Lipinski definition) is 3. The molecule has 0 spiro atoms. The molecule has 0 saturated carbocycles. The first-order chi connectivity index (χ1) is 7.66. The van der Waals surface area contributed by atoms with Crippen LogP contribution in [0.15, 0.2) is 23.7 Å². The van der Waals surface area contributed by atoms with Gasteiger partial charge in [-0.25, -0.2) is 4.98 Å². The predicted octanol–water partition coefficient (Wildman–Crippen LogP) is 1.72. The molecule has 0 aliphatic heterocycles. The Kier molecular flexibility index (Phi) is 3.05. The summed E-state index contributed by atoms with van der Waals surface area (Å²) in [6.45, 7) is 2.43. The SMILES string of the molecule is Cc1csc(CNC(=O)c2cccn2C)n1. The lowest BCUT2D eigenvalue weighted by Gasteiger charge is -2.03. The van der Waals surface area contributed by atoms with Crippen LogP contribution < -0.4 is 5.32 Å². The third-order valence-electron chi connectivity index (χ3n) is 2.24. The van der Waals surface area contributed by atoms with Gasteiger partial charge in [0.25, 0.3) is 5.91 Å². The minimum absolute atomic E-state index is 0.0691. The Morgan fingerprint density at radius 2 is 2.44 bits per heavy atom. The van der Waals surface area contributed by atoms with E-state index in [4.69, 9.17) is 0 Å². The Morgan fingerprint density at radius 1 is 1.62 bits per heavy atom. The second-order valence-electron chi connectivity index (χ2n) is 3.57. The molecule has 1 amide bonds. The monoisotopic (exact) mass is 235 g/mol. The van der Waals surface area contributed by atoms with Gasteiger partial charge in [-0.15, -0.1) is 11.3 Å². The third-order valence-corrected chi connectivity index (χ3v) is 3.21. The van der Waals surface area contributed by atoms with E-state index in [0.29, 0.717) is 12.2 Å². The average Bonchev–Trinajstić information content (AvgIpc) is 2.84. The summed E-state index contributed by atoms with van der Waals surface area (Å²) in [4.78, 5) is 16.0. The van der Waals surface area contributed by atoms with E-state index < -0.39 is 0 Å². The first kappa shape index (κ1) is 10.9. The van der Waals surface area contributed by atoms with E-state index in [2.05, 4.69) is 10.3 Å². The molecule has 0 radical (unpaired) electrons. The van der Waals surface area contributed by atoms with Crippen LogP contribution >= 0.6 is 11.3 Å². The molecule has 2 rings (SSSR count). The number of nitrogens with zero attached hydrogens (tertiary/aromatic N) is 2. The highest BCUT2D eigenvalue weighted by atomic mass is 32.1.